The molecular weight excluding hydrogens is 304 g/mol. The summed E-state index contributed by atoms with van der Waals surface area (Å²) >= 11 is 0. The van der Waals surface area contributed by atoms with Crippen molar-refractivity contribution >= 4 is 11.4 Å². The van der Waals surface area contributed by atoms with Crippen LogP contribution in [0.1, 0.15) is 18.1 Å². The molecule has 0 bridgehead atoms. The Morgan fingerprint density at radius 1 is 1.17 bits per heavy atom. The van der Waals surface area contributed by atoms with Crippen LogP contribution in [0.4, 0.5) is 11.4 Å². The van der Waals surface area contributed by atoms with E-state index < -0.39 is 0 Å². The van der Waals surface area contributed by atoms with E-state index in [-0.39, 0.29) is 5.75 Å². The predicted molar refractivity (Wildman–Crippen MR) is 94.5 cm³/mol. The van der Waals surface area contributed by atoms with Crippen LogP contribution in [-0.2, 0) is 11.3 Å². The van der Waals surface area contributed by atoms with Gasteiger partial charge in [0, 0.05) is 5.56 Å². The second-order valence-corrected chi connectivity index (χ2v) is 5.64. The van der Waals surface area contributed by atoms with Crippen LogP contribution in [-0.4, -0.2) is 18.8 Å². The van der Waals surface area contributed by atoms with Crippen LogP contribution in [0.5, 0.6) is 11.5 Å². The van der Waals surface area contributed by atoms with Crippen LogP contribution in [0.2, 0.25) is 0 Å². The number of rotatable bonds is 7. The van der Waals surface area contributed by atoms with Crippen LogP contribution in [0.25, 0.3) is 0 Å². The fraction of sp³-hybridized carbons (Fsp3) is 0.263. The van der Waals surface area contributed by atoms with Crippen molar-refractivity contribution in [2.24, 2.45) is 10.2 Å². The van der Waals surface area contributed by atoms with E-state index in [0.717, 1.165) is 16.9 Å². The van der Waals surface area contributed by atoms with Crippen molar-refractivity contribution in [2.75, 3.05) is 13.7 Å². The van der Waals surface area contributed by atoms with Crippen LogP contribution >= 0.6 is 0 Å². The average Bonchev–Trinajstić information content (AvgIpc) is 2.56. The highest BCUT2D eigenvalue weighted by molar-refractivity contribution is 5.57. The monoisotopic (exact) mass is 326 g/mol. The first-order valence-corrected chi connectivity index (χ1v) is 7.60. The van der Waals surface area contributed by atoms with Crippen molar-refractivity contribution in [2.45, 2.75) is 20.5 Å². The molecule has 0 unspecified atom stereocenters. The van der Waals surface area contributed by atoms with E-state index >= 15 is 0 Å². The van der Waals surface area contributed by atoms with Gasteiger partial charge >= 0.3 is 0 Å². The molecule has 5 heteroatoms. The van der Waals surface area contributed by atoms with Crippen molar-refractivity contribution in [3.63, 3.8) is 0 Å². The Labute approximate surface area is 142 Å². The molecule has 1 N–H and O–H groups in total. The van der Waals surface area contributed by atoms with Gasteiger partial charge in [0.2, 0.25) is 0 Å². The summed E-state index contributed by atoms with van der Waals surface area (Å²) < 4.78 is 10.6. The minimum absolute atomic E-state index is 0.0829. The van der Waals surface area contributed by atoms with Gasteiger partial charge in [-0.25, -0.2) is 0 Å². The fourth-order valence-electron chi connectivity index (χ4n) is 2.12. The van der Waals surface area contributed by atoms with Gasteiger partial charge in [0.05, 0.1) is 26.0 Å². The Kier molecular flexibility index (Phi) is 6.09. The van der Waals surface area contributed by atoms with Gasteiger partial charge in [-0.1, -0.05) is 12.2 Å². The number of nitrogens with zero attached hydrogens (tertiary/aromatic N) is 2. The largest absolute Gasteiger partial charge is 0.505 e. The first-order valence-electron chi connectivity index (χ1n) is 7.60. The van der Waals surface area contributed by atoms with Gasteiger partial charge in [-0.05, 0) is 55.8 Å². The first-order chi connectivity index (χ1) is 11.5. The molecule has 5 nitrogen and oxygen atoms in total. The van der Waals surface area contributed by atoms with Gasteiger partial charge in [0.25, 0.3) is 0 Å². The highest BCUT2D eigenvalue weighted by Crippen LogP contribution is 2.33. The average molecular weight is 326 g/mol. The highest BCUT2D eigenvalue weighted by atomic mass is 16.5. The molecule has 0 heterocycles. The standard InChI is InChI=1S/C19H22N2O3/c1-13(2)11-24-12-15-9-14(3)10-18(19(15)22)21-20-16-5-7-17(23-4)8-6-16/h5-10,22H,1,11-12H2,2-4H3. The minimum Gasteiger partial charge on any atom is -0.505 e. The molecule has 2 aromatic rings. The van der Waals surface area contributed by atoms with Gasteiger partial charge in [-0.3, -0.25) is 0 Å². The molecule has 2 aromatic carbocycles. The van der Waals surface area contributed by atoms with Gasteiger partial charge in [0.1, 0.15) is 17.2 Å². The topological polar surface area (TPSA) is 63.4 Å². The zero-order valence-corrected chi connectivity index (χ0v) is 14.2. The van der Waals surface area contributed by atoms with Gasteiger partial charge in [0.15, 0.2) is 0 Å². The van der Waals surface area contributed by atoms with Crippen molar-refractivity contribution in [1.82, 2.24) is 0 Å². The third kappa shape index (κ3) is 4.93. The minimum atomic E-state index is 0.0829. The van der Waals surface area contributed by atoms with Crippen molar-refractivity contribution in [3.05, 3.63) is 59.7 Å². The van der Waals surface area contributed by atoms with Gasteiger partial charge < -0.3 is 14.6 Å². The lowest BCUT2D eigenvalue weighted by Gasteiger charge is -2.09. The van der Waals surface area contributed by atoms with Crippen LogP contribution in [0, 0.1) is 6.92 Å². The van der Waals surface area contributed by atoms with E-state index in [1.165, 1.54) is 0 Å². The van der Waals surface area contributed by atoms with Crippen LogP contribution in [0.3, 0.4) is 0 Å². The zero-order valence-electron chi connectivity index (χ0n) is 14.2. The molecule has 0 atom stereocenters. The Hall–Kier alpha value is -2.66. The summed E-state index contributed by atoms with van der Waals surface area (Å²) in [5.41, 5.74) is 3.68. The Balaban J connectivity index is 2.17. The van der Waals surface area contributed by atoms with Crippen LogP contribution in [0.15, 0.2) is 58.8 Å². The maximum Gasteiger partial charge on any atom is 0.148 e. The lowest BCUT2D eigenvalue weighted by Crippen LogP contribution is -1.97. The summed E-state index contributed by atoms with van der Waals surface area (Å²) in [6, 6.07) is 10.9. The number of benzene rings is 2. The van der Waals surface area contributed by atoms with E-state index in [0.29, 0.717) is 30.2 Å². The molecule has 0 aromatic heterocycles. The third-order valence-corrected chi connectivity index (χ3v) is 3.26. The molecule has 0 fully saturated rings. The highest BCUT2D eigenvalue weighted by Gasteiger charge is 2.09. The van der Waals surface area contributed by atoms with Crippen molar-refractivity contribution in [1.29, 1.82) is 0 Å². The maximum atomic E-state index is 10.4. The van der Waals surface area contributed by atoms with Gasteiger partial charge in [-0.15, -0.1) is 5.11 Å². The number of azo groups is 1. The quantitative estimate of drug-likeness (QED) is 0.560. The van der Waals surface area contributed by atoms with Crippen molar-refractivity contribution < 1.29 is 14.6 Å². The van der Waals surface area contributed by atoms with E-state index in [1.807, 2.05) is 19.9 Å². The molecule has 0 aliphatic carbocycles. The lowest BCUT2D eigenvalue weighted by atomic mass is 10.1. The number of hydrogen-bond acceptors (Lipinski definition) is 5. The molecular formula is C19H22N2O3. The molecule has 0 aliphatic heterocycles. The summed E-state index contributed by atoms with van der Waals surface area (Å²) in [7, 11) is 1.61. The molecule has 0 saturated heterocycles. The smallest absolute Gasteiger partial charge is 0.148 e. The molecule has 0 spiro atoms. The number of aryl methyl sites for hydroxylation is 1. The summed E-state index contributed by atoms with van der Waals surface area (Å²) in [5.74, 6) is 0.837. The Bertz CT molecular complexity index is 737. The van der Waals surface area contributed by atoms with Gasteiger partial charge in [-0.2, -0.15) is 5.11 Å². The third-order valence-electron chi connectivity index (χ3n) is 3.26. The van der Waals surface area contributed by atoms with E-state index in [2.05, 4.69) is 16.8 Å². The predicted octanol–water partition coefficient (Wildman–Crippen LogP) is 5.22. The molecule has 2 rings (SSSR count). The number of phenols is 1. The molecule has 126 valence electrons. The summed E-state index contributed by atoms with van der Waals surface area (Å²) in [6.07, 6.45) is 0. The Morgan fingerprint density at radius 3 is 2.50 bits per heavy atom. The first kappa shape index (κ1) is 17.7. The second-order valence-electron chi connectivity index (χ2n) is 5.64. The lowest BCUT2D eigenvalue weighted by molar-refractivity contribution is 0.141. The van der Waals surface area contributed by atoms with E-state index in [1.54, 1.807) is 37.4 Å². The van der Waals surface area contributed by atoms with E-state index in [4.69, 9.17) is 9.47 Å². The number of methoxy groups -OCH3 is 1. The number of aromatic hydroxyl groups is 1. The molecule has 0 amide bonds. The molecule has 24 heavy (non-hydrogen) atoms. The van der Waals surface area contributed by atoms with E-state index in [9.17, 15) is 5.11 Å². The van der Waals surface area contributed by atoms with Crippen LogP contribution < -0.4 is 4.74 Å². The fourth-order valence-corrected chi connectivity index (χ4v) is 2.12. The molecule has 0 radical (unpaired) electrons. The summed E-state index contributed by atoms with van der Waals surface area (Å²) in [5, 5.41) is 18.7. The number of phenolic OH excluding ortho intramolecular Hbond substituents is 1. The van der Waals surface area contributed by atoms with Crippen molar-refractivity contribution in [3.8, 4) is 11.5 Å². The maximum absolute atomic E-state index is 10.4. The summed E-state index contributed by atoms with van der Waals surface area (Å²) in [4.78, 5) is 0. The molecule has 0 aliphatic rings. The molecule has 0 saturated carbocycles. The zero-order chi connectivity index (χ0) is 17.5. The Morgan fingerprint density at radius 2 is 1.88 bits per heavy atom. The SMILES string of the molecule is C=C(C)COCc1cc(C)cc(N=Nc2ccc(OC)cc2)c1O. The summed E-state index contributed by atoms with van der Waals surface area (Å²) in [6.45, 7) is 8.37. The normalized spacial score (nSPS) is 11.0. The number of hydrogen-bond donors (Lipinski definition) is 1. The number of ether oxygens (including phenoxy) is 2. The second kappa shape index (κ2) is 8.26.